The van der Waals surface area contributed by atoms with Crippen molar-refractivity contribution in [3.05, 3.63) is 46.3 Å². The summed E-state index contributed by atoms with van der Waals surface area (Å²) in [5, 5.41) is 4.16. The first-order chi connectivity index (χ1) is 8.70. The molecule has 0 N–H and O–H groups in total. The molecule has 0 saturated carbocycles. The molecule has 96 valence electrons. The Labute approximate surface area is 114 Å². The maximum Gasteiger partial charge on any atom is 0.226 e. The topological polar surface area (TPSA) is 38.9 Å². The van der Waals surface area contributed by atoms with Crippen LogP contribution in [0.4, 0.5) is 4.39 Å². The molecule has 1 aromatic heterocycles. The van der Waals surface area contributed by atoms with Gasteiger partial charge in [-0.3, -0.25) is 0 Å². The van der Waals surface area contributed by atoms with Gasteiger partial charge in [-0.2, -0.15) is 4.98 Å². The first-order valence-corrected chi connectivity index (χ1v) is 6.42. The number of halogens is 3. The second-order valence-corrected chi connectivity index (χ2v) is 4.56. The minimum atomic E-state index is -0.366. The number of hydrogen-bond donors (Lipinski definition) is 0. The lowest BCUT2D eigenvalue weighted by molar-refractivity contribution is 0.373. The monoisotopic (exact) mass is 288 g/mol. The fraction of sp³-hybridized carbons (Fsp3) is 0.333. The van der Waals surface area contributed by atoms with Gasteiger partial charge in [-0.1, -0.05) is 22.8 Å². The third-order valence-corrected chi connectivity index (χ3v) is 3.05. The number of nitrogens with zero attached hydrogens (tertiary/aromatic N) is 2. The molecule has 0 radical (unpaired) electrons. The van der Waals surface area contributed by atoms with Crippen LogP contribution in [0.5, 0.6) is 0 Å². The van der Waals surface area contributed by atoms with Crippen LogP contribution >= 0.6 is 23.2 Å². The summed E-state index contributed by atoms with van der Waals surface area (Å²) in [5.74, 6) is 1.11. The molecule has 0 aliphatic rings. The zero-order chi connectivity index (χ0) is 13.0. The van der Waals surface area contributed by atoms with Gasteiger partial charge in [0.25, 0.3) is 0 Å². The van der Waals surface area contributed by atoms with Crippen LogP contribution in [-0.2, 0) is 12.8 Å². The third-order valence-electron chi connectivity index (χ3n) is 2.43. The number of rotatable bonds is 5. The molecule has 18 heavy (non-hydrogen) atoms. The Morgan fingerprint density at radius 2 is 2.17 bits per heavy atom. The summed E-state index contributed by atoms with van der Waals surface area (Å²) in [7, 11) is 0. The number of hydrogen-bond acceptors (Lipinski definition) is 3. The Balaban J connectivity index is 2.11. The third kappa shape index (κ3) is 3.21. The average molecular weight is 289 g/mol. The predicted molar refractivity (Wildman–Crippen MR) is 67.6 cm³/mol. The molecule has 0 atom stereocenters. The molecule has 0 spiro atoms. The van der Waals surface area contributed by atoms with Gasteiger partial charge in [0.2, 0.25) is 5.89 Å². The van der Waals surface area contributed by atoms with Crippen LogP contribution in [0.15, 0.2) is 22.7 Å². The Bertz CT molecular complexity index is 510. The predicted octanol–water partition coefficient (Wildman–Crippen LogP) is 3.62. The zero-order valence-electron chi connectivity index (χ0n) is 9.50. The van der Waals surface area contributed by atoms with E-state index < -0.39 is 0 Å². The van der Waals surface area contributed by atoms with Gasteiger partial charge in [-0.25, -0.2) is 4.39 Å². The smallest absolute Gasteiger partial charge is 0.226 e. The van der Waals surface area contributed by atoms with Crippen LogP contribution in [0, 0.1) is 5.82 Å². The van der Waals surface area contributed by atoms with E-state index in [9.17, 15) is 4.39 Å². The van der Waals surface area contributed by atoms with Crippen molar-refractivity contribution in [1.29, 1.82) is 0 Å². The summed E-state index contributed by atoms with van der Waals surface area (Å²) < 4.78 is 18.6. The largest absolute Gasteiger partial charge is 0.339 e. The number of aryl methyl sites for hydroxylation is 1. The molecule has 0 aliphatic carbocycles. The van der Waals surface area contributed by atoms with E-state index in [4.69, 9.17) is 27.7 Å². The first kappa shape index (κ1) is 13.3. The van der Waals surface area contributed by atoms with Crippen molar-refractivity contribution in [2.75, 3.05) is 5.88 Å². The van der Waals surface area contributed by atoms with E-state index >= 15 is 0 Å². The van der Waals surface area contributed by atoms with Crippen molar-refractivity contribution >= 4 is 23.2 Å². The van der Waals surface area contributed by atoms with Crippen LogP contribution in [0.1, 0.15) is 23.7 Å². The molecule has 2 aromatic rings. The lowest BCUT2D eigenvalue weighted by Gasteiger charge is -2.01. The first-order valence-electron chi connectivity index (χ1n) is 5.51. The molecule has 0 unspecified atom stereocenters. The summed E-state index contributed by atoms with van der Waals surface area (Å²) in [4.78, 5) is 4.16. The minimum absolute atomic E-state index is 0.218. The van der Waals surface area contributed by atoms with Crippen LogP contribution in [0.3, 0.4) is 0 Å². The van der Waals surface area contributed by atoms with Crippen molar-refractivity contribution in [3.8, 4) is 0 Å². The summed E-state index contributed by atoms with van der Waals surface area (Å²) in [6.07, 6.45) is 1.61. The van der Waals surface area contributed by atoms with Crippen molar-refractivity contribution in [1.82, 2.24) is 10.1 Å². The standard InChI is InChI=1S/C12H11Cl2FN2O/c13-6-2-5-12-16-11(17-18-12)7-8-9(14)3-1-4-10(8)15/h1,3-4H,2,5-7H2. The van der Waals surface area contributed by atoms with Gasteiger partial charge in [-0.15, -0.1) is 11.6 Å². The Kier molecular flexibility index (Phi) is 4.55. The van der Waals surface area contributed by atoms with Gasteiger partial charge in [0, 0.05) is 29.3 Å². The van der Waals surface area contributed by atoms with Gasteiger partial charge in [-0.05, 0) is 18.6 Å². The summed E-state index contributed by atoms with van der Waals surface area (Å²) in [6, 6.07) is 4.55. The van der Waals surface area contributed by atoms with E-state index in [1.165, 1.54) is 6.07 Å². The fourth-order valence-electron chi connectivity index (χ4n) is 1.54. The van der Waals surface area contributed by atoms with E-state index in [2.05, 4.69) is 10.1 Å². The Morgan fingerprint density at radius 1 is 1.33 bits per heavy atom. The maximum atomic E-state index is 13.6. The lowest BCUT2D eigenvalue weighted by Crippen LogP contribution is -1.96. The highest BCUT2D eigenvalue weighted by Gasteiger charge is 2.12. The maximum absolute atomic E-state index is 13.6. The van der Waals surface area contributed by atoms with Crippen LogP contribution in [-0.4, -0.2) is 16.0 Å². The van der Waals surface area contributed by atoms with E-state index in [0.29, 0.717) is 34.6 Å². The zero-order valence-corrected chi connectivity index (χ0v) is 11.0. The SMILES string of the molecule is Fc1cccc(Cl)c1Cc1noc(CCCCl)n1. The lowest BCUT2D eigenvalue weighted by atomic mass is 10.1. The van der Waals surface area contributed by atoms with Crippen molar-refractivity contribution < 1.29 is 8.91 Å². The second kappa shape index (κ2) is 6.16. The molecular weight excluding hydrogens is 278 g/mol. The van der Waals surface area contributed by atoms with Gasteiger partial charge >= 0.3 is 0 Å². The molecule has 0 amide bonds. The molecule has 1 aromatic carbocycles. The molecule has 0 saturated heterocycles. The molecule has 0 bridgehead atoms. The van der Waals surface area contributed by atoms with Crippen molar-refractivity contribution in [2.45, 2.75) is 19.3 Å². The van der Waals surface area contributed by atoms with Crippen molar-refractivity contribution in [2.24, 2.45) is 0 Å². The quantitative estimate of drug-likeness (QED) is 0.789. The Morgan fingerprint density at radius 3 is 2.89 bits per heavy atom. The fourth-order valence-corrected chi connectivity index (χ4v) is 1.90. The molecule has 6 heteroatoms. The van der Waals surface area contributed by atoms with E-state index in [1.807, 2.05) is 0 Å². The summed E-state index contributed by atoms with van der Waals surface area (Å²) in [5.41, 5.74) is 0.379. The molecule has 0 fully saturated rings. The molecule has 3 nitrogen and oxygen atoms in total. The van der Waals surface area contributed by atoms with Gasteiger partial charge in [0.15, 0.2) is 5.82 Å². The van der Waals surface area contributed by atoms with Crippen LogP contribution in [0.2, 0.25) is 5.02 Å². The summed E-state index contributed by atoms with van der Waals surface area (Å²) in [6.45, 7) is 0. The van der Waals surface area contributed by atoms with Gasteiger partial charge in [0.1, 0.15) is 5.82 Å². The number of aromatic nitrogens is 2. The molecule has 0 aliphatic heterocycles. The van der Waals surface area contributed by atoms with E-state index in [0.717, 1.165) is 6.42 Å². The average Bonchev–Trinajstić information content (AvgIpc) is 2.79. The van der Waals surface area contributed by atoms with Crippen LogP contribution in [0.25, 0.3) is 0 Å². The second-order valence-electron chi connectivity index (χ2n) is 3.77. The highest BCUT2D eigenvalue weighted by molar-refractivity contribution is 6.31. The molecule has 1 heterocycles. The number of benzene rings is 1. The normalized spacial score (nSPS) is 10.8. The van der Waals surface area contributed by atoms with Crippen molar-refractivity contribution in [3.63, 3.8) is 0 Å². The van der Waals surface area contributed by atoms with Crippen LogP contribution < -0.4 is 0 Å². The highest BCUT2D eigenvalue weighted by atomic mass is 35.5. The van der Waals surface area contributed by atoms with Gasteiger partial charge in [0.05, 0.1) is 0 Å². The van der Waals surface area contributed by atoms with Gasteiger partial charge < -0.3 is 4.52 Å². The van der Waals surface area contributed by atoms with E-state index in [1.54, 1.807) is 12.1 Å². The molecular formula is C12H11Cl2FN2O. The molecule has 2 rings (SSSR count). The Hall–Kier alpha value is -1.13. The number of alkyl halides is 1. The highest BCUT2D eigenvalue weighted by Crippen LogP contribution is 2.21. The van der Waals surface area contributed by atoms with E-state index in [-0.39, 0.29) is 12.2 Å². The minimum Gasteiger partial charge on any atom is -0.339 e. The summed E-state index contributed by atoms with van der Waals surface area (Å²) >= 11 is 11.5.